The molecule has 8 heteroatoms. The molecule has 7 nitrogen and oxygen atoms in total. The number of benzene rings is 1. The summed E-state index contributed by atoms with van der Waals surface area (Å²) in [7, 11) is 0. The maximum atomic E-state index is 14.3. The third-order valence-corrected chi connectivity index (χ3v) is 9.82. The Labute approximate surface area is 213 Å². The average Bonchev–Trinajstić information content (AvgIpc) is 3.44. The van der Waals surface area contributed by atoms with Crippen LogP contribution in [0.4, 0.5) is 14.9 Å². The number of piperidine rings is 2. The van der Waals surface area contributed by atoms with Gasteiger partial charge in [0.05, 0.1) is 13.2 Å². The minimum absolute atomic E-state index is 0. The van der Waals surface area contributed by atoms with Gasteiger partial charge in [-0.25, -0.2) is 9.18 Å². The summed E-state index contributed by atoms with van der Waals surface area (Å²) in [4.78, 5) is 32.6. The second-order valence-corrected chi connectivity index (χ2v) is 12.0. The molecule has 0 radical (unpaired) electrons. The molecule has 2 unspecified atom stereocenters. The summed E-state index contributed by atoms with van der Waals surface area (Å²) in [6.07, 6.45) is 8.50. The van der Waals surface area contributed by atoms with E-state index in [4.69, 9.17) is 9.47 Å². The number of nitrogens with zero attached hydrogens (tertiary/aromatic N) is 3. The van der Waals surface area contributed by atoms with E-state index in [-0.39, 0.29) is 48.8 Å². The number of fused-ring (bicyclic) bond motifs is 4. The first-order valence-electron chi connectivity index (χ1n) is 13.9. The third-order valence-electron chi connectivity index (χ3n) is 9.82. The highest BCUT2D eigenvalue weighted by molar-refractivity contribution is 5.99. The van der Waals surface area contributed by atoms with Gasteiger partial charge in [-0.15, -0.1) is 0 Å². The van der Waals surface area contributed by atoms with Crippen molar-refractivity contribution in [2.45, 2.75) is 87.4 Å². The molecule has 5 aliphatic heterocycles. The van der Waals surface area contributed by atoms with Crippen molar-refractivity contribution < 1.29 is 24.9 Å². The topological polar surface area (TPSA) is 62.3 Å². The summed E-state index contributed by atoms with van der Waals surface area (Å²) < 4.78 is 25.4. The number of carbonyl (C=O) groups is 2. The van der Waals surface area contributed by atoms with E-state index in [9.17, 15) is 14.0 Å². The van der Waals surface area contributed by atoms with Crippen LogP contribution in [0.5, 0.6) is 0 Å². The van der Waals surface area contributed by atoms with Crippen LogP contribution in [0.2, 0.25) is 0 Å². The van der Waals surface area contributed by atoms with Gasteiger partial charge in [-0.2, -0.15) is 0 Å². The minimum atomic E-state index is -0.212. The SMILES string of the molecule is O=C(C1CC1)N1CC2(CCN(C3CC4CCC(C3)N4C(=O)O[C@@H]3CCOC3)CC2)c2cc(F)ccc21.[HH]. The fourth-order valence-corrected chi connectivity index (χ4v) is 7.69. The molecule has 3 atom stereocenters. The molecule has 1 saturated carbocycles. The van der Waals surface area contributed by atoms with E-state index in [0.29, 0.717) is 25.8 Å². The van der Waals surface area contributed by atoms with Crippen LogP contribution in [0.15, 0.2) is 18.2 Å². The molecule has 6 aliphatic rings. The Morgan fingerprint density at radius 1 is 1.03 bits per heavy atom. The lowest BCUT2D eigenvalue weighted by molar-refractivity contribution is -0.119. The largest absolute Gasteiger partial charge is 0.444 e. The molecule has 5 fully saturated rings. The zero-order valence-electron chi connectivity index (χ0n) is 20.9. The second kappa shape index (κ2) is 8.69. The summed E-state index contributed by atoms with van der Waals surface area (Å²) in [6, 6.07) is 5.98. The van der Waals surface area contributed by atoms with Crippen molar-refractivity contribution in [3.05, 3.63) is 29.6 Å². The number of ether oxygens (including phenoxy) is 2. The van der Waals surface area contributed by atoms with Gasteiger partial charge in [0.15, 0.2) is 0 Å². The van der Waals surface area contributed by atoms with Crippen LogP contribution in [0.25, 0.3) is 0 Å². The molecule has 36 heavy (non-hydrogen) atoms. The Bertz CT molecular complexity index is 1040. The highest BCUT2D eigenvalue weighted by Crippen LogP contribution is 2.50. The first-order valence-corrected chi connectivity index (χ1v) is 13.9. The number of rotatable bonds is 3. The van der Waals surface area contributed by atoms with Crippen molar-refractivity contribution in [3.8, 4) is 0 Å². The van der Waals surface area contributed by atoms with E-state index in [0.717, 1.165) is 82.1 Å². The van der Waals surface area contributed by atoms with E-state index < -0.39 is 0 Å². The van der Waals surface area contributed by atoms with Crippen molar-refractivity contribution in [3.63, 3.8) is 0 Å². The summed E-state index contributed by atoms with van der Waals surface area (Å²) in [5, 5.41) is 0. The Kier molecular flexibility index (Phi) is 5.54. The van der Waals surface area contributed by atoms with Gasteiger partial charge in [0, 0.05) is 49.5 Å². The predicted molar refractivity (Wildman–Crippen MR) is 133 cm³/mol. The van der Waals surface area contributed by atoms with Crippen molar-refractivity contribution in [2.75, 3.05) is 37.7 Å². The Hall–Kier alpha value is -2.19. The van der Waals surface area contributed by atoms with Crippen molar-refractivity contribution in [1.29, 1.82) is 0 Å². The zero-order chi connectivity index (χ0) is 24.4. The first-order chi connectivity index (χ1) is 17.5. The molecular formula is C28H38FN3O4. The summed E-state index contributed by atoms with van der Waals surface area (Å²) >= 11 is 0. The summed E-state index contributed by atoms with van der Waals surface area (Å²) in [6.45, 7) is 3.79. The number of amides is 2. The van der Waals surface area contributed by atoms with Gasteiger partial charge in [0.25, 0.3) is 0 Å². The average molecular weight is 500 g/mol. The second-order valence-electron chi connectivity index (χ2n) is 12.0. The molecule has 7 rings (SSSR count). The smallest absolute Gasteiger partial charge is 0.410 e. The number of carbonyl (C=O) groups excluding carboxylic acids is 2. The van der Waals surface area contributed by atoms with Gasteiger partial charge in [0.1, 0.15) is 11.9 Å². The fourth-order valence-electron chi connectivity index (χ4n) is 7.69. The predicted octanol–water partition coefficient (Wildman–Crippen LogP) is 4.08. The monoisotopic (exact) mass is 499 g/mol. The lowest BCUT2D eigenvalue weighted by Gasteiger charge is -2.47. The normalized spacial score (nSPS) is 33.2. The van der Waals surface area contributed by atoms with E-state index in [1.807, 2.05) is 15.9 Å². The Morgan fingerprint density at radius 3 is 2.44 bits per heavy atom. The van der Waals surface area contributed by atoms with Crippen molar-refractivity contribution in [2.24, 2.45) is 5.92 Å². The van der Waals surface area contributed by atoms with Crippen molar-refractivity contribution >= 4 is 17.7 Å². The molecule has 2 bridgehead atoms. The number of hydrogen-bond donors (Lipinski definition) is 0. The van der Waals surface area contributed by atoms with Crippen LogP contribution < -0.4 is 4.90 Å². The molecule has 4 saturated heterocycles. The molecule has 1 spiro atoms. The molecule has 196 valence electrons. The summed E-state index contributed by atoms with van der Waals surface area (Å²) in [5.74, 6) is 0.171. The standard InChI is InChI=1S/C28H36FN3O4.H2/c29-19-3-6-25-24(13-19)28(17-31(25)26(33)18-1-2-18)8-10-30(11-9-28)22-14-20-4-5-21(15-22)32(20)27(34)36-23-7-12-35-16-23;/h3,6,13,18,20-23H,1-2,4-5,7-12,14-17H2;1H/t20?,21?,22?,23-;/m1./s1. The zero-order valence-corrected chi connectivity index (χ0v) is 20.9. The molecule has 1 aliphatic carbocycles. The molecule has 2 amide bonds. The molecular weight excluding hydrogens is 461 g/mol. The minimum Gasteiger partial charge on any atom is -0.444 e. The Morgan fingerprint density at radius 2 is 1.78 bits per heavy atom. The van der Waals surface area contributed by atoms with E-state index in [2.05, 4.69) is 4.90 Å². The number of likely N-dealkylation sites (tertiary alicyclic amines) is 1. The van der Waals surface area contributed by atoms with Crippen LogP contribution in [0, 0.1) is 11.7 Å². The molecule has 5 heterocycles. The molecule has 0 N–H and O–H groups in total. The van der Waals surface area contributed by atoms with Crippen LogP contribution in [0.1, 0.15) is 64.8 Å². The maximum Gasteiger partial charge on any atom is 0.410 e. The van der Waals surface area contributed by atoms with Gasteiger partial charge in [0.2, 0.25) is 5.91 Å². The van der Waals surface area contributed by atoms with Gasteiger partial charge in [-0.3, -0.25) is 4.79 Å². The van der Waals surface area contributed by atoms with E-state index >= 15 is 0 Å². The van der Waals surface area contributed by atoms with Crippen molar-refractivity contribution in [1.82, 2.24) is 9.80 Å². The first kappa shape index (κ1) is 23.0. The Balaban J connectivity index is 0.00000252. The highest BCUT2D eigenvalue weighted by atomic mass is 19.1. The molecule has 0 aromatic heterocycles. The quantitative estimate of drug-likeness (QED) is 0.627. The maximum absolute atomic E-state index is 14.3. The number of anilines is 1. The van der Waals surface area contributed by atoms with E-state index in [1.54, 1.807) is 6.07 Å². The van der Waals surface area contributed by atoms with Gasteiger partial charge in [-0.1, -0.05) is 0 Å². The van der Waals surface area contributed by atoms with Gasteiger partial charge in [-0.05, 0) is 88.2 Å². The lowest BCUT2D eigenvalue weighted by Crippen LogP contribution is -2.56. The van der Waals surface area contributed by atoms with Crippen LogP contribution >= 0.6 is 0 Å². The molecule has 1 aromatic rings. The van der Waals surface area contributed by atoms with Crippen LogP contribution in [-0.4, -0.2) is 78.9 Å². The van der Waals surface area contributed by atoms with Gasteiger partial charge >= 0.3 is 6.09 Å². The fraction of sp³-hybridized carbons (Fsp3) is 0.714. The van der Waals surface area contributed by atoms with Crippen LogP contribution in [0.3, 0.4) is 0 Å². The summed E-state index contributed by atoms with van der Waals surface area (Å²) in [5.41, 5.74) is 1.81. The lowest BCUT2D eigenvalue weighted by atomic mass is 9.73. The third kappa shape index (κ3) is 3.83. The number of halogens is 1. The van der Waals surface area contributed by atoms with E-state index in [1.165, 1.54) is 6.07 Å². The van der Waals surface area contributed by atoms with Crippen LogP contribution in [-0.2, 0) is 19.7 Å². The van der Waals surface area contributed by atoms with Gasteiger partial charge < -0.3 is 24.2 Å². The number of hydrogen-bond acceptors (Lipinski definition) is 5. The molecule has 1 aromatic carbocycles. The highest BCUT2D eigenvalue weighted by Gasteiger charge is 2.51.